The Labute approximate surface area is 139 Å². The van der Waals surface area contributed by atoms with E-state index in [2.05, 4.69) is 0 Å². The first-order chi connectivity index (χ1) is 11.6. The number of aliphatic hydroxyl groups is 6. The Morgan fingerprint density at radius 1 is 0.960 bits per heavy atom. The number of carboxylic acids is 2. The number of hydrogen-bond acceptors (Lipinski definition) is 11. The smallest absolute Gasteiger partial charge is 0.367 e. The molecule has 0 radical (unpaired) electrons. The van der Waals surface area contributed by atoms with Crippen LogP contribution < -0.4 is 0 Å². The van der Waals surface area contributed by atoms with Crippen molar-refractivity contribution in [2.75, 3.05) is 6.61 Å². The number of carboxylic acid groups (broad SMARTS) is 2. The Hall–Kier alpha value is -1.42. The van der Waals surface area contributed by atoms with Crippen molar-refractivity contribution in [1.29, 1.82) is 0 Å². The number of ether oxygens (including phenoxy) is 3. The summed E-state index contributed by atoms with van der Waals surface area (Å²) in [5.74, 6) is -6.74. The van der Waals surface area contributed by atoms with E-state index < -0.39 is 73.4 Å². The molecule has 0 bridgehead atoms. The molecular formula is C12H18O13. The third-order valence-corrected chi connectivity index (χ3v) is 4.00. The molecule has 2 fully saturated rings. The van der Waals surface area contributed by atoms with Crippen molar-refractivity contribution in [2.24, 2.45) is 0 Å². The molecular weight excluding hydrogens is 352 g/mol. The molecule has 8 N–H and O–H groups in total. The molecule has 0 amide bonds. The summed E-state index contributed by atoms with van der Waals surface area (Å²) in [4.78, 5) is 22.5. The zero-order valence-corrected chi connectivity index (χ0v) is 12.4. The molecule has 9 atom stereocenters. The fourth-order valence-corrected chi connectivity index (χ4v) is 2.58. The lowest BCUT2D eigenvalue weighted by Crippen LogP contribution is -2.64. The highest BCUT2D eigenvalue weighted by Crippen LogP contribution is 2.36. The van der Waals surface area contributed by atoms with Crippen LogP contribution in [0.25, 0.3) is 0 Å². The number of hydrogen-bond donors (Lipinski definition) is 8. The maximum Gasteiger partial charge on any atom is 0.367 e. The van der Waals surface area contributed by atoms with Crippen LogP contribution in [0.1, 0.15) is 0 Å². The zero-order valence-electron chi connectivity index (χ0n) is 12.4. The van der Waals surface area contributed by atoms with Gasteiger partial charge in [0.25, 0.3) is 0 Å². The summed E-state index contributed by atoms with van der Waals surface area (Å²) in [5.41, 5.74) is 0. The summed E-state index contributed by atoms with van der Waals surface area (Å²) in [6.45, 7) is -0.885. The number of rotatable bonds is 5. The zero-order chi connectivity index (χ0) is 19.1. The Morgan fingerprint density at radius 2 is 1.56 bits per heavy atom. The van der Waals surface area contributed by atoms with Gasteiger partial charge in [-0.2, -0.15) is 0 Å². The Morgan fingerprint density at radius 3 is 2.00 bits per heavy atom. The van der Waals surface area contributed by atoms with Gasteiger partial charge in [0.05, 0.1) is 6.61 Å². The lowest BCUT2D eigenvalue weighted by atomic mass is 9.98. The summed E-state index contributed by atoms with van der Waals surface area (Å²) in [7, 11) is 0. The molecule has 0 unspecified atom stereocenters. The maximum absolute atomic E-state index is 11.5. The second kappa shape index (κ2) is 7.06. The van der Waals surface area contributed by atoms with Crippen LogP contribution in [0.4, 0.5) is 0 Å². The van der Waals surface area contributed by atoms with Crippen molar-refractivity contribution in [3.63, 3.8) is 0 Å². The summed E-state index contributed by atoms with van der Waals surface area (Å²) in [6, 6.07) is 0. The van der Waals surface area contributed by atoms with Crippen molar-refractivity contribution >= 4 is 11.9 Å². The van der Waals surface area contributed by atoms with Gasteiger partial charge >= 0.3 is 17.7 Å². The molecule has 0 aromatic carbocycles. The van der Waals surface area contributed by atoms with E-state index >= 15 is 0 Å². The minimum Gasteiger partial charge on any atom is -0.479 e. The van der Waals surface area contributed by atoms with E-state index in [0.29, 0.717) is 0 Å². The second-order valence-electron chi connectivity index (χ2n) is 5.60. The fourth-order valence-electron chi connectivity index (χ4n) is 2.58. The van der Waals surface area contributed by atoms with Crippen LogP contribution in [0.5, 0.6) is 0 Å². The Balaban J connectivity index is 2.30. The van der Waals surface area contributed by atoms with E-state index in [4.69, 9.17) is 24.4 Å². The minimum absolute atomic E-state index is 0.885. The number of aliphatic hydroxyl groups excluding tert-OH is 6. The third kappa shape index (κ3) is 3.21. The van der Waals surface area contributed by atoms with Gasteiger partial charge in [-0.25, -0.2) is 9.59 Å². The summed E-state index contributed by atoms with van der Waals surface area (Å²) in [6.07, 6.45) is -16.2. The highest BCUT2D eigenvalue weighted by Gasteiger charge is 2.63. The molecule has 2 rings (SSSR count). The first-order valence-corrected chi connectivity index (χ1v) is 7.05. The molecule has 13 heteroatoms. The van der Waals surface area contributed by atoms with Crippen LogP contribution in [0.15, 0.2) is 0 Å². The standard InChI is InChI=1S/C12H18O13/c13-1-2-3(14)8(18)12(24-2,11(21)22)25-10-6(17)4(15)5(16)7(23-10)9(19)20/h2-8,10,13-18H,1H2,(H,19,20)(H,21,22)/t2-,3-,4+,5+,6-,7+,8+,10-,12-/m1/s1. The lowest BCUT2D eigenvalue weighted by Gasteiger charge is -2.41. The maximum atomic E-state index is 11.5. The van der Waals surface area contributed by atoms with Crippen LogP contribution in [0.2, 0.25) is 0 Å². The van der Waals surface area contributed by atoms with Crippen LogP contribution in [0, 0.1) is 0 Å². The molecule has 25 heavy (non-hydrogen) atoms. The lowest BCUT2D eigenvalue weighted by molar-refractivity contribution is -0.364. The van der Waals surface area contributed by atoms with Crippen LogP contribution in [-0.2, 0) is 23.8 Å². The fraction of sp³-hybridized carbons (Fsp3) is 0.833. The van der Waals surface area contributed by atoms with Crippen molar-refractivity contribution in [1.82, 2.24) is 0 Å². The predicted molar refractivity (Wildman–Crippen MR) is 69.7 cm³/mol. The minimum atomic E-state index is -3.02. The van der Waals surface area contributed by atoms with E-state index in [1.165, 1.54) is 0 Å². The van der Waals surface area contributed by atoms with E-state index in [1.807, 2.05) is 0 Å². The van der Waals surface area contributed by atoms with Gasteiger partial charge in [-0.1, -0.05) is 0 Å². The van der Waals surface area contributed by atoms with Gasteiger partial charge in [0.1, 0.15) is 36.6 Å². The molecule has 2 heterocycles. The monoisotopic (exact) mass is 370 g/mol. The average Bonchev–Trinajstić information content (AvgIpc) is 2.80. The molecule has 2 aliphatic heterocycles. The second-order valence-corrected chi connectivity index (χ2v) is 5.60. The van der Waals surface area contributed by atoms with Gasteiger partial charge in [-0.15, -0.1) is 0 Å². The average molecular weight is 370 g/mol. The number of carbonyl (C=O) groups is 2. The molecule has 2 saturated heterocycles. The van der Waals surface area contributed by atoms with Crippen LogP contribution in [-0.4, -0.2) is 114 Å². The Bertz CT molecular complexity index is 525. The van der Waals surface area contributed by atoms with Crippen molar-refractivity contribution < 1.29 is 64.7 Å². The highest BCUT2D eigenvalue weighted by molar-refractivity contribution is 5.77. The van der Waals surface area contributed by atoms with Gasteiger partial charge in [0, 0.05) is 0 Å². The van der Waals surface area contributed by atoms with Gasteiger partial charge in [-0.3, -0.25) is 0 Å². The molecule has 0 aromatic rings. The summed E-state index contributed by atoms with van der Waals surface area (Å²) >= 11 is 0. The van der Waals surface area contributed by atoms with Gasteiger partial charge in [0.15, 0.2) is 12.4 Å². The summed E-state index contributed by atoms with van der Waals surface area (Å²) < 4.78 is 14.5. The summed E-state index contributed by atoms with van der Waals surface area (Å²) in [5, 5.41) is 76.0. The van der Waals surface area contributed by atoms with E-state index in [0.717, 1.165) is 0 Å². The van der Waals surface area contributed by atoms with E-state index in [-0.39, 0.29) is 0 Å². The molecule has 144 valence electrons. The number of aliphatic carboxylic acids is 2. The highest BCUT2D eigenvalue weighted by atomic mass is 16.8. The molecule has 0 aliphatic carbocycles. The van der Waals surface area contributed by atoms with Crippen LogP contribution in [0.3, 0.4) is 0 Å². The van der Waals surface area contributed by atoms with Crippen molar-refractivity contribution in [3.05, 3.63) is 0 Å². The van der Waals surface area contributed by atoms with Crippen molar-refractivity contribution in [3.8, 4) is 0 Å². The SMILES string of the molecule is O=C(O)[C@H]1O[C@H](O[C@]2(C(=O)O)O[C@H](CO)[C@@H](O)[C@@H]2O)[C@H](O)[C@@H](O)[C@@H]1O. The molecule has 0 spiro atoms. The topological polar surface area (TPSA) is 224 Å². The third-order valence-electron chi connectivity index (χ3n) is 4.00. The van der Waals surface area contributed by atoms with E-state index in [1.54, 1.807) is 0 Å². The van der Waals surface area contributed by atoms with Gasteiger partial charge < -0.3 is 55.1 Å². The van der Waals surface area contributed by atoms with Crippen LogP contribution >= 0.6 is 0 Å². The first kappa shape index (κ1) is 19.9. The first-order valence-electron chi connectivity index (χ1n) is 7.05. The quantitative estimate of drug-likeness (QED) is 0.227. The Kier molecular flexibility index (Phi) is 5.62. The normalized spacial score (nSPS) is 47.6. The van der Waals surface area contributed by atoms with Crippen molar-refractivity contribution in [2.45, 2.75) is 54.8 Å². The molecule has 0 aromatic heterocycles. The largest absolute Gasteiger partial charge is 0.479 e. The van der Waals surface area contributed by atoms with E-state index in [9.17, 15) is 40.2 Å². The molecule has 2 aliphatic rings. The van der Waals surface area contributed by atoms with Gasteiger partial charge in [-0.05, 0) is 0 Å². The predicted octanol–water partition coefficient (Wildman–Crippen LogP) is -5.21. The molecule has 0 saturated carbocycles. The molecule has 13 nitrogen and oxygen atoms in total. The van der Waals surface area contributed by atoms with Gasteiger partial charge in [0.2, 0.25) is 0 Å².